The van der Waals surface area contributed by atoms with Gasteiger partial charge in [0.1, 0.15) is 0 Å². The molecular formula is C17H22N2. The van der Waals surface area contributed by atoms with Gasteiger partial charge in [0.25, 0.3) is 0 Å². The van der Waals surface area contributed by atoms with E-state index in [0.29, 0.717) is 6.04 Å². The van der Waals surface area contributed by atoms with Crippen molar-refractivity contribution in [3.05, 3.63) is 65.5 Å². The zero-order chi connectivity index (χ0) is 13.5. The minimum atomic E-state index is 0.470. The first-order valence-electron chi connectivity index (χ1n) is 7.04. The van der Waals surface area contributed by atoms with E-state index in [-0.39, 0.29) is 0 Å². The molecule has 1 heterocycles. The minimum absolute atomic E-state index is 0.470. The Morgan fingerprint density at radius 1 is 1.05 bits per heavy atom. The highest BCUT2D eigenvalue weighted by atomic mass is 14.9. The fraction of sp³-hybridized carbons (Fsp3) is 0.353. The Morgan fingerprint density at radius 3 is 2.42 bits per heavy atom. The molecule has 0 bridgehead atoms. The number of benzene rings is 1. The van der Waals surface area contributed by atoms with E-state index in [1.54, 1.807) is 0 Å². The lowest BCUT2D eigenvalue weighted by molar-refractivity contribution is 0.537. The normalized spacial score (nSPS) is 12.3. The second kappa shape index (κ2) is 7.05. The number of aromatic nitrogens is 1. The molecule has 0 aliphatic carbocycles. The van der Waals surface area contributed by atoms with Gasteiger partial charge in [-0.25, -0.2) is 0 Å². The Balaban J connectivity index is 2.06. The molecular weight excluding hydrogens is 232 g/mol. The molecule has 19 heavy (non-hydrogen) atoms. The lowest BCUT2D eigenvalue weighted by Gasteiger charge is -2.16. The molecule has 2 aromatic rings. The van der Waals surface area contributed by atoms with Crippen LogP contribution in [-0.4, -0.2) is 11.5 Å². The fourth-order valence-electron chi connectivity index (χ4n) is 2.35. The molecule has 1 aromatic carbocycles. The standard InChI is InChI=1S/C17H22N2/c1-3-17(19-4-2)16-9-7-14(8-10-16)12-15-6-5-11-18-13-15/h5-11,13,17,19H,3-4,12H2,1-2H3. The first-order valence-corrected chi connectivity index (χ1v) is 7.04. The number of hydrogen-bond acceptors (Lipinski definition) is 2. The fourth-order valence-corrected chi connectivity index (χ4v) is 2.35. The summed E-state index contributed by atoms with van der Waals surface area (Å²) < 4.78 is 0. The van der Waals surface area contributed by atoms with Gasteiger partial charge in [-0.05, 0) is 42.1 Å². The highest BCUT2D eigenvalue weighted by Gasteiger charge is 2.07. The van der Waals surface area contributed by atoms with Crippen LogP contribution in [0.4, 0.5) is 0 Å². The van der Waals surface area contributed by atoms with Crippen LogP contribution in [0.1, 0.15) is 43.0 Å². The molecule has 1 aromatic heterocycles. The van der Waals surface area contributed by atoms with Crippen molar-refractivity contribution < 1.29 is 0 Å². The highest BCUT2D eigenvalue weighted by Crippen LogP contribution is 2.18. The third kappa shape index (κ3) is 3.90. The van der Waals surface area contributed by atoms with E-state index in [9.17, 15) is 0 Å². The number of nitrogens with zero attached hydrogens (tertiary/aromatic N) is 1. The predicted octanol–water partition coefficient (Wildman–Crippen LogP) is 3.73. The van der Waals surface area contributed by atoms with Crippen molar-refractivity contribution in [3.8, 4) is 0 Å². The Bertz CT molecular complexity index is 476. The van der Waals surface area contributed by atoms with Crippen LogP contribution < -0.4 is 5.32 Å². The molecule has 2 heteroatoms. The summed E-state index contributed by atoms with van der Waals surface area (Å²) in [5.41, 5.74) is 3.97. The third-order valence-corrected chi connectivity index (χ3v) is 3.37. The van der Waals surface area contributed by atoms with Crippen LogP contribution in [0.3, 0.4) is 0 Å². The van der Waals surface area contributed by atoms with Gasteiger partial charge in [0, 0.05) is 18.4 Å². The SMILES string of the molecule is CCNC(CC)c1ccc(Cc2cccnc2)cc1. The zero-order valence-electron chi connectivity index (χ0n) is 11.8. The molecule has 0 aliphatic rings. The average molecular weight is 254 g/mol. The van der Waals surface area contributed by atoms with E-state index in [4.69, 9.17) is 0 Å². The van der Waals surface area contributed by atoms with Gasteiger partial charge in [-0.3, -0.25) is 4.98 Å². The van der Waals surface area contributed by atoms with E-state index in [2.05, 4.69) is 54.5 Å². The van der Waals surface area contributed by atoms with Crippen molar-refractivity contribution in [2.24, 2.45) is 0 Å². The van der Waals surface area contributed by atoms with Crippen molar-refractivity contribution in [2.45, 2.75) is 32.7 Å². The number of nitrogens with one attached hydrogen (secondary N) is 1. The lowest BCUT2D eigenvalue weighted by atomic mass is 10.00. The Hall–Kier alpha value is -1.67. The molecule has 1 atom stereocenters. The van der Waals surface area contributed by atoms with E-state index >= 15 is 0 Å². The lowest BCUT2D eigenvalue weighted by Crippen LogP contribution is -2.19. The van der Waals surface area contributed by atoms with Crippen LogP contribution in [0, 0.1) is 0 Å². The predicted molar refractivity (Wildman–Crippen MR) is 80.2 cm³/mol. The van der Waals surface area contributed by atoms with Crippen molar-refractivity contribution >= 4 is 0 Å². The molecule has 100 valence electrons. The summed E-state index contributed by atoms with van der Waals surface area (Å²) in [6, 6.07) is 13.5. The first-order chi connectivity index (χ1) is 9.33. The Kier molecular flexibility index (Phi) is 5.10. The monoisotopic (exact) mass is 254 g/mol. The molecule has 0 amide bonds. The Labute approximate surface area is 115 Å². The van der Waals surface area contributed by atoms with Crippen molar-refractivity contribution in [2.75, 3.05) is 6.54 Å². The van der Waals surface area contributed by atoms with Crippen molar-refractivity contribution in [3.63, 3.8) is 0 Å². The van der Waals surface area contributed by atoms with Gasteiger partial charge in [0.15, 0.2) is 0 Å². The van der Waals surface area contributed by atoms with E-state index < -0.39 is 0 Å². The molecule has 2 nitrogen and oxygen atoms in total. The highest BCUT2D eigenvalue weighted by molar-refractivity contribution is 5.29. The summed E-state index contributed by atoms with van der Waals surface area (Å²) in [5.74, 6) is 0. The molecule has 0 saturated carbocycles. The second-order valence-electron chi connectivity index (χ2n) is 4.80. The van der Waals surface area contributed by atoms with Crippen LogP contribution in [-0.2, 0) is 6.42 Å². The maximum absolute atomic E-state index is 4.15. The summed E-state index contributed by atoms with van der Waals surface area (Å²) in [5, 5.41) is 3.51. The maximum Gasteiger partial charge on any atom is 0.0317 e. The topological polar surface area (TPSA) is 24.9 Å². The summed E-state index contributed by atoms with van der Waals surface area (Å²) in [6.45, 7) is 5.38. The molecule has 0 aliphatic heterocycles. The first kappa shape index (κ1) is 13.8. The molecule has 0 saturated heterocycles. The van der Waals surface area contributed by atoms with Crippen LogP contribution in [0.15, 0.2) is 48.8 Å². The smallest absolute Gasteiger partial charge is 0.0317 e. The van der Waals surface area contributed by atoms with Gasteiger partial charge in [-0.2, -0.15) is 0 Å². The molecule has 1 N–H and O–H groups in total. The summed E-state index contributed by atoms with van der Waals surface area (Å²) in [7, 11) is 0. The van der Waals surface area contributed by atoms with Gasteiger partial charge in [0.05, 0.1) is 0 Å². The van der Waals surface area contributed by atoms with E-state index in [1.165, 1.54) is 16.7 Å². The molecule has 0 spiro atoms. The van der Waals surface area contributed by atoms with Gasteiger partial charge in [0.2, 0.25) is 0 Å². The van der Waals surface area contributed by atoms with Crippen LogP contribution in [0.5, 0.6) is 0 Å². The molecule has 1 unspecified atom stereocenters. The zero-order valence-corrected chi connectivity index (χ0v) is 11.8. The van der Waals surface area contributed by atoms with Crippen LogP contribution in [0.2, 0.25) is 0 Å². The quantitative estimate of drug-likeness (QED) is 0.849. The van der Waals surface area contributed by atoms with Gasteiger partial charge >= 0.3 is 0 Å². The van der Waals surface area contributed by atoms with E-state index in [1.807, 2.05) is 18.5 Å². The van der Waals surface area contributed by atoms with Gasteiger partial charge in [-0.15, -0.1) is 0 Å². The van der Waals surface area contributed by atoms with Gasteiger partial charge in [-0.1, -0.05) is 44.2 Å². The summed E-state index contributed by atoms with van der Waals surface area (Å²) >= 11 is 0. The molecule has 0 fully saturated rings. The summed E-state index contributed by atoms with van der Waals surface area (Å²) in [6.07, 6.45) is 5.82. The van der Waals surface area contributed by atoms with E-state index in [0.717, 1.165) is 19.4 Å². The second-order valence-corrected chi connectivity index (χ2v) is 4.80. The number of rotatable bonds is 6. The molecule has 2 rings (SSSR count). The molecule has 0 radical (unpaired) electrons. The van der Waals surface area contributed by atoms with Gasteiger partial charge < -0.3 is 5.32 Å². The average Bonchev–Trinajstić information content (AvgIpc) is 2.47. The van der Waals surface area contributed by atoms with Crippen LogP contribution >= 0.6 is 0 Å². The Morgan fingerprint density at radius 2 is 1.84 bits per heavy atom. The summed E-state index contributed by atoms with van der Waals surface area (Å²) in [4.78, 5) is 4.15. The maximum atomic E-state index is 4.15. The van der Waals surface area contributed by atoms with Crippen LogP contribution in [0.25, 0.3) is 0 Å². The number of pyridine rings is 1. The minimum Gasteiger partial charge on any atom is -0.310 e. The number of hydrogen-bond donors (Lipinski definition) is 1. The van der Waals surface area contributed by atoms with Crippen molar-refractivity contribution in [1.29, 1.82) is 0 Å². The third-order valence-electron chi connectivity index (χ3n) is 3.37. The van der Waals surface area contributed by atoms with Crippen molar-refractivity contribution in [1.82, 2.24) is 10.3 Å². The largest absolute Gasteiger partial charge is 0.310 e.